The van der Waals surface area contributed by atoms with Crippen molar-refractivity contribution in [1.82, 2.24) is 5.32 Å². The first-order chi connectivity index (χ1) is 10.8. The number of benzene rings is 2. The molecule has 0 bridgehead atoms. The summed E-state index contributed by atoms with van der Waals surface area (Å²) in [7, 11) is 0. The standard InChI is InChI=1S/C16H13F4NO2/c17-14-6-5-12(16(18,19)20)7-13(14)15(23)21-8-10-3-1-2-4-11(10)9-22/h1-7,22H,8-9H2,(H,21,23). The van der Waals surface area contributed by atoms with Gasteiger partial charge < -0.3 is 10.4 Å². The van der Waals surface area contributed by atoms with Gasteiger partial charge in [-0.3, -0.25) is 4.79 Å². The largest absolute Gasteiger partial charge is 0.416 e. The molecule has 122 valence electrons. The van der Waals surface area contributed by atoms with Crippen LogP contribution in [0.5, 0.6) is 0 Å². The van der Waals surface area contributed by atoms with Gasteiger partial charge in [-0.2, -0.15) is 13.2 Å². The second-order valence-electron chi connectivity index (χ2n) is 4.80. The molecule has 0 fully saturated rings. The number of aliphatic hydroxyl groups is 1. The highest BCUT2D eigenvalue weighted by molar-refractivity contribution is 5.94. The number of carbonyl (C=O) groups excluding carboxylic acids is 1. The molecule has 0 aliphatic carbocycles. The van der Waals surface area contributed by atoms with Crippen LogP contribution in [0.1, 0.15) is 27.0 Å². The number of carbonyl (C=O) groups is 1. The summed E-state index contributed by atoms with van der Waals surface area (Å²) in [5, 5.41) is 11.5. The molecule has 0 saturated heterocycles. The number of nitrogens with one attached hydrogen (secondary N) is 1. The van der Waals surface area contributed by atoms with Crippen LogP contribution in [-0.2, 0) is 19.3 Å². The lowest BCUT2D eigenvalue weighted by molar-refractivity contribution is -0.137. The van der Waals surface area contributed by atoms with E-state index in [-0.39, 0.29) is 13.2 Å². The molecule has 7 heteroatoms. The molecule has 0 saturated carbocycles. The highest BCUT2D eigenvalue weighted by Gasteiger charge is 2.31. The normalized spacial score (nSPS) is 11.3. The van der Waals surface area contributed by atoms with Crippen molar-refractivity contribution in [2.24, 2.45) is 0 Å². The van der Waals surface area contributed by atoms with Gasteiger partial charge in [0.1, 0.15) is 5.82 Å². The lowest BCUT2D eigenvalue weighted by Gasteiger charge is -2.11. The lowest BCUT2D eigenvalue weighted by Crippen LogP contribution is -2.25. The van der Waals surface area contributed by atoms with E-state index in [0.717, 1.165) is 0 Å². The third kappa shape index (κ3) is 4.07. The van der Waals surface area contributed by atoms with Gasteiger partial charge in [-0.15, -0.1) is 0 Å². The third-order valence-corrected chi connectivity index (χ3v) is 3.27. The second kappa shape index (κ2) is 6.78. The van der Waals surface area contributed by atoms with Gasteiger partial charge in [0.25, 0.3) is 5.91 Å². The van der Waals surface area contributed by atoms with Gasteiger partial charge in [0.05, 0.1) is 17.7 Å². The molecular formula is C16H13F4NO2. The summed E-state index contributed by atoms with van der Waals surface area (Å²) in [5.74, 6) is -1.99. The molecular weight excluding hydrogens is 314 g/mol. The van der Waals surface area contributed by atoms with E-state index < -0.39 is 29.0 Å². The maximum atomic E-state index is 13.6. The SMILES string of the molecule is O=C(NCc1ccccc1CO)c1cc(C(F)(F)F)ccc1F. The fourth-order valence-electron chi connectivity index (χ4n) is 2.03. The Morgan fingerprint density at radius 3 is 2.35 bits per heavy atom. The Hall–Kier alpha value is -2.41. The van der Waals surface area contributed by atoms with Crippen molar-refractivity contribution >= 4 is 5.91 Å². The molecule has 0 unspecified atom stereocenters. The second-order valence-corrected chi connectivity index (χ2v) is 4.80. The highest BCUT2D eigenvalue weighted by atomic mass is 19.4. The Labute approximate surface area is 129 Å². The van der Waals surface area contributed by atoms with Crippen molar-refractivity contribution in [3.8, 4) is 0 Å². The monoisotopic (exact) mass is 327 g/mol. The minimum Gasteiger partial charge on any atom is -0.392 e. The van der Waals surface area contributed by atoms with Gasteiger partial charge in [-0.25, -0.2) is 4.39 Å². The molecule has 1 amide bonds. The number of halogens is 4. The number of hydrogen-bond acceptors (Lipinski definition) is 2. The summed E-state index contributed by atoms with van der Waals surface area (Å²) in [5.41, 5.74) is -0.617. The summed E-state index contributed by atoms with van der Waals surface area (Å²) in [4.78, 5) is 11.9. The molecule has 2 aromatic rings. The number of amides is 1. The molecule has 0 spiro atoms. The maximum absolute atomic E-state index is 13.6. The maximum Gasteiger partial charge on any atom is 0.416 e. The minimum absolute atomic E-state index is 0.0365. The van der Waals surface area contributed by atoms with Crippen LogP contribution in [0.4, 0.5) is 17.6 Å². The van der Waals surface area contributed by atoms with E-state index in [1.807, 2.05) is 0 Å². The van der Waals surface area contributed by atoms with Crippen molar-refractivity contribution in [1.29, 1.82) is 0 Å². The Morgan fingerprint density at radius 2 is 1.74 bits per heavy atom. The lowest BCUT2D eigenvalue weighted by atomic mass is 10.1. The van der Waals surface area contributed by atoms with Crippen molar-refractivity contribution < 1.29 is 27.5 Å². The summed E-state index contributed by atoms with van der Waals surface area (Å²) in [6.45, 7) is -0.283. The molecule has 0 aliphatic rings. The average molecular weight is 327 g/mol. The number of alkyl halides is 3. The van der Waals surface area contributed by atoms with Crippen LogP contribution >= 0.6 is 0 Å². The first-order valence-corrected chi connectivity index (χ1v) is 6.65. The molecule has 23 heavy (non-hydrogen) atoms. The third-order valence-electron chi connectivity index (χ3n) is 3.27. The smallest absolute Gasteiger partial charge is 0.392 e. The van der Waals surface area contributed by atoms with Crippen LogP contribution in [0.25, 0.3) is 0 Å². The minimum atomic E-state index is -4.66. The quantitative estimate of drug-likeness (QED) is 0.847. The number of aliphatic hydroxyl groups excluding tert-OH is 1. The summed E-state index contributed by atoms with van der Waals surface area (Å²) in [6, 6.07) is 8.34. The number of hydrogen-bond donors (Lipinski definition) is 2. The van der Waals surface area contributed by atoms with Crippen molar-refractivity contribution in [2.75, 3.05) is 0 Å². The predicted octanol–water partition coefficient (Wildman–Crippen LogP) is 3.27. The van der Waals surface area contributed by atoms with Crippen LogP contribution < -0.4 is 5.32 Å². The molecule has 0 aromatic heterocycles. The van der Waals surface area contributed by atoms with Gasteiger partial charge in [-0.1, -0.05) is 24.3 Å². The van der Waals surface area contributed by atoms with Crippen LogP contribution in [0, 0.1) is 5.82 Å². The molecule has 0 radical (unpaired) electrons. The van der Waals surface area contributed by atoms with Crippen LogP contribution in [0.3, 0.4) is 0 Å². The zero-order valence-corrected chi connectivity index (χ0v) is 11.8. The molecule has 3 nitrogen and oxygen atoms in total. The van der Waals surface area contributed by atoms with Gasteiger partial charge in [0, 0.05) is 6.54 Å². The Bertz CT molecular complexity index is 713. The Balaban J connectivity index is 2.18. The van der Waals surface area contributed by atoms with Gasteiger partial charge in [0.2, 0.25) is 0 Å². The van der Waals surface area contributed by atoms with Gasteiger partial charge in [0.15, 0.2) is 0 Å². The zero-order valence-electron chi connectivity index (χ0n) is 11.8. The topological polar surface area (TPSA) is 49.3 Å². The Morgan fingerprint density at radius 1 is 1.09 bits per heavy atom. The van der Waals surface area contributed by atoms with Gasteiger partial charge in [-0.05, 0) is 29.3 Å². The fraction of sp³-hybridized carbons (Fsp3) is 0.188. The summed E-state index contributed by atoms with van der Waals surface area (Å²) >= 11 is 0. The predicted molar refractivity (Wildman–Crippen MR) is 74.9 cm³/mol. The Kier molecular flexibility index (Phi) is 5.00. The van der Waals surface area contributed by atoms with Gasteiger partial charge >= 0.3 is 6.18 Å². The first-order valence-electron chi connectivity index (χ1n) is 6.65. The van der Waals surface area contributed by atoms with Crippen LogP contribution in [0.2, 0.25) is 0 Å². The summed E-state index contributed by atoms with van der Waals surface area (Å²) in [6.07, 6.45) is -4.66. The molecule has 2 N–H and O–H groups in total. The highest BCUT2D eigenvalue weighted by Crippen LogP contribution is 2.30. The van der Waals surface area contributed by atoms with Crippen LogP contribution in [0.15, 0.2) is 42.5 Å². The van der Waals surface area contributed by atoms with E-state index in [1.165, 1.54) is 0 Å². The summed E-state index contributed by atoms with van der Waals surface area (Å²) < 4.78 is 51.5. The number of rotatable bonds is 4. The zero-order chi connectivity index (χ0) is 17.0. The molecule has 0 aliphatic heterocycles. The van der Waals surface area contributed by atoms with E-state index in [2.05, 4.69) is 5.32 Å². The van der Waals surface area contributed by atoms with Crippen molar-refractivity contribution in [3.05, 3.63) is 70.5 Å². The van der Waals surface area contributed by atoms with E-state index in [9.17, 15) is 27.5 Å². The van der Waals surface area contributed by atoms with Crippen LogP contribution in [-0.4, -0.2) is 11.0 Å². The fourth-order valence-corrected chi connectivity index (χ4v) is 2.03. The first kappa shape index (κ1) is 17.0. The van der Waals surface area contributed by atoms with E-state index in [4.69, 9.17) is 0 Å². The van der Waals surface area contributed by atoms with E-state index in [0.29, 0.717) is 29.3 Å². The van der Waals surface area contributed by atoms with Crippen molar-refractivity contribution in [3.63, 3.8) is 0 Å². The van der Waals surface area contributed by atoms with E-state index in [1.54, 1.807) is 24.3 Å². The van der Waals surface area contributed by atoms with E-state index >= 15 is 0 Å². The molecule has 0 heterocycles. The average Bonchev–Trinajstić information content (AvgIpc) is 2.52. The molecule has 2 rings (SSSR count). The molecule has 0 atom stereocenters. The molecule has 2 aromatic carbocycles. The van der Waals surface area contributed by atoms with Crippen molar-refractivity contribution in [2.45, 2.75) is 19.3 Å².